The summed E-state index contributed by atoms with van der Waals surface area (Å²) in [6, 6.07) is 0. The van der Waals surface area contributed by atoms with E-state index in [4.69, 9.17) is 0 Å². The van der Waals surface area contributed by atoms with Crippen LogP contribution in [0.3, 0.4) is 0 Å². The van der Waals surface area contributed by atoms with E-state index in [1.807, 2.05) is 0 Å². The molecule has 3 nitrogen and oxygen atoms in total. The van der Waals surface area contributed by atoms with Crippen LogP contribution in [0.4, 0.5) is 0 Å². The summed E-state index contributed by atoms with van der Waals surface area (Å²) in [5.74, 6) is 0.361. The highest BCUT2D eigenvalue weighted by molar-refractivity contribution is 5.27. The Hall–Kier alpha value is -0.990. The van der Waals surface area contributed by atoms with E-state index in [0.717, 1.165) is 24.2 Å². The molecule has 0 spiro atoms. The van der Waals surface area contributed by atoms with Gasteiger partial charge in [-0.3, -0.25) is 14.6 Å². The molecule has 0 bridgehead atoms. The van der Waals surface area contributed by atoms with Crippen LogP contribution in [0, 0.1) is 0 Å². The van der Waals surface area contributed by atoms with Gasteiger partial charge < -0.3 is 0 Å². The maximum Gasteiger partial charge on any atom is 0.270 e. The first-order chi connectivity index (χ1) is 7.29. The lowest BCUT2D eigenvalue weighted by Gasteiger charge is -2.18. The Morgan fingerprint density at radius 2 is 1.88 bits per heavy atom. The second-order valence-corrected chi connectivity index (χ2v) is 5.76. The lowest BCUT2D eigenvalue weighted by atomic mass is 9.85. The van der Waals surface area contributed by atoms with Crippen molar-refractivity contribution in [1.29, 1.82) is 0 Å². The molecule has 1 aromatic heterocycles. The molecule has 92 valence electrons. The van der Waals surface area contributed by atoms with Gasteiger partial charge in [0.2, 0.25) is 0 Å². The van der Waals surface area contributed by atoms with Crippen LogP contribution in [0.2, 0.25) is 0 Å². The first kappa shape index (κ1) is 13.1. The second-order valence-electron chi connectivity index (χ2n) is 5.76. The van der Waals surface area contributed by atoms with Gasteiger partial charge in [-0.1, -0.05) is 41.5 Å². The van der Waals surface area contributed by atoms with Crippen molar-refractivity contribution in [3.05, 3.63) is 21.6 Å². The van der Waals surface area contributed by atoms with E-state index in [1.54, 1.807) is 4.68 Å². The third kappa shape index (κ3) is 2.39. The second kappa shape index (κ2) is 4.48. The molecular weight excluding hydrogens is 200 g/mol. The Kier molecular flexibility index (Phi) is 3.66. The predicted octanol–water partition coefficient (Wildman–Crippen LogP) is 3.01. The molecule has 3 heteroatoms. The first-order valence-corrected chi connectivity index (χ1v) is 6.12. The minimum absolute atomic E-state index is 0.0911. The molecule has 0 unspecified atom stereocenters. The fourth-order valence-corrected chi connectivity index (χ4v) is 2.03. The monoisotopic (exact) mass is 224 g/mol. The maximum absolute atomic E-state index is 12.3. The van der Waals surface area contributed by atoms with Crippen molar-refractivity contribution in [2.75, 3.05) is 0 Å². The topological polar surface area (TPSA) is 37.8 Å². The van der Waals surface area contributed by atoms with Crippen LogP contribution in [-0.4, -0.2) is 9.78 Å². The van der Waals surface area contributed by atoms with Gasteiger partial charge in [0, 0.05) is 17.8 Å². The van der Waals surface area contributed by atoms with Crippen LogP contribution in [-0.2, 0) is 12.0 Å². The van der Waals surface area contributed by atoms with Crippen LogP contribution in [0.25, 0.3) is 0 Å². The van der Waals surface area contributed by atoms with Gasteiger partial charge in [0.1, 0.15) is 0 Å². The lowest BCUT2D eigenvalue weighted by Crippen LogP contribution is -2.26. The smallest absolute Gasteiger partial charge is 0.270 e. The number of rotatable bonds is 3. The molecule has 0 saturated carbocycles. The van der Waals surface area contributed by atoms with Crippen LogP contribution >= 0.6 is 0 Å². The van der Waals surface area contributed by atoms with Gasteiger partial charge in [0.25, 0.3) is 5.56 Å². The van der Waals surface area contributed by atoms with Crippen molar-refractivity contribution in [1.82, 2.24) is 9.78 Å². The van der Waals surface area contributed by atoms with E-state index in [9.17, 15) is 4.79 Å². The van der Waals surface area contributed by atoms with Gasteiger partial charge >= 0.3 is 0 Å². The molecule has 0 amide bonds. The molecule has 1 aromatic rings. The van der Waals surface area contributed by atoms with E-state index >= 15 is 0 Å². The zero-order valence-electron chi connectivity index (χ0n) is 11.3. The number of H-pyrrole nitrogens is 1. The third-order valence-electron chi connectivity index (χ3n) is 2.76. The minimum atomic E-state index is -0.0911. The summed E-state index contributed by atoms with van der Waals surface area (Å²) in [5.41, 5.74) is 2.09. The number of aryl methyl sites for hydroxylation is 1. The number of aromatic amines is 1. The van der Waals surface area contributed by atoms with Gasteiger partial charge in [-0.05, 0) is 17.8 Å². The lowest BCUT2D eigenvalue weighted by molar-refractivity contribution is 0.561. The average molecular weight is 224 g/mol. The Balaban J connectivity index is 3.39. The molecule has 0 radical (unpaired) electrons. The van der Waals surface area contributed by atoms with Crippen molar-refractivity contribution in [3.63, 3.8) is 0 Å². The molecule has 16 heavy (non-hydrogen) atoms. The largest absolute Gasteiger partial charge is 0.299 e. The van der Waals surface area contributed by atoms with Crippen molar-refractivity contribution in [2.24, 2.45) is 0 Å². The van der Waals surface area contributed by atoms with E-state index in [0.29, 0.717) is 5.92 Å². The fourth-order valence-electron chi connectivity index (χ4n) is 2.03. The van der Waals surface area contributed by atoms with Gasteiger partial charge in [-0.15, -0.1) is 0 Å². The summed E-state index contributed by atoms with van der Waals surface area (Å²) in [5, 5.41) is 3.26. The van der Waals surface area contributed by atoms with Crippen LogP contribution < -0.4 is 5.56 Å². The van der Waals surface area contributed by atoms with Crippen LogP contribution in [0.1, 0.15) is 65.1 Å². The summed E-state index contributed by atoms with van der Waals surface area (Å²) in [6.45, 7) is 13.4. The molecule has 1 rings (SSSR count). The van der Waals surface area contributed by atoms with E-state index in [1.165, 1.54) is 0 Å². The minimum Gasteiger partial charge on any atom is -0.299 e. The summed E-state index contributed by atoms with van der Waals surface area (Å²) < 4.78 is 1.75. The number of aromatic nitrogens is 2. The number of nitrogens with zero attached hydrogens (tertiary/aromatic N) is 1. The Bertz CT molecular complexity index is 405. The Morgan fingerprint density at radius 3 is 2.19 bits per heavy atom. The highest BCUT2D eigenvalue weighted by atomic mass is 16.1. The quantitative estimate of drug-likeness (QED) is 0.842. The van der Waals surface area contributed by atoms with Crippen molar-refractivity contribution >= 4 is 0 Å². The maximum atomic E-state index is 12.3. The molecule has 0 aromatic carbocycles. The Morgan fingerprint density at radius 1 is 1.31 bits per heavy atom. The summed E-state index contributed by atoms with van der Waals surface area (Å²) in [7, 11) is 0. The molecule has 0 aliphatic carbocycles. The standard InChI is InChI=1S/C13H24N2O/c1-7-8-15-12(16)10(13(4,5)6)11(14-15)9(2)3/h9,14H,7-8H2,1-6H3. The molecule has 1 N–H and O–H groups in total. The predicted molar refractivity (Wildman–Crippen MR) is 68.1 cm³/mol. The first-order valence-electron chi connectivity index (χ1n) is 6.12. The Labute approximate surface area is 97.8 Å². The normalized spacial score (nSPS) is 12.4. The van der Waals surface area contributed by atoms with E-state index in [2.05, 4.69) is 46.6 Å². The molecular formula is C13H24N2O. The van der Waals surface area contributed by atoms with Crippen molar-refractivity contribution < 1.29 is 0 Å². The van der Waals surface area contributed by atoms with Gasteiger partial charge in [-0.2, -0.15) is 0 Å². The van der Waals surface area contributed by atoms with E-state index < -0.39 is 0 Å². The molecule has 0 saturated heterocycles. The fraction of sp³-hybridized carbons (Fsp3) is 0.769. The molecule has 0 atom stereocenters. The van der Waals surface area contributed by atoms with Crippen molar-refractivity contribution in [3.8, 4) is 0 Å². The summed E-state index contributed by atoms with van der Waals surface area (Å²) in [4.78, 5) is 12.3. The number of hydrogen-bond acceptors (Lipinski definition) is 1. The molecule has 0 fully saturated rings. The van der Waals surface area contributed by atoms with Gasteiger partial charge in [0.15, 0.2) is 0 Å². The number of nitrogens with one attached hydrogen (secondary N) is 1. The van der Waals surface area contributed by atoms with E-state index in [-0.39, 0.29) is 11.0 Å². The highest BCUT2D eigenvalue weighted by Crippen LogP contribution is 2.26. The summed E-state index contributed by atoms with van der Waals surface area (Å²) in [6.07, 6.45) is 0.974. The van der Waals surface area contributed by atoms with Crippen LogP contribution in [0.5, 0.6) is 0 Å². The van der Waals surface area contributed by atoms with Crippen LogP contribution in [0.15, 0.2) is 4.79 Å². The molecule has 1 heterocycles. The number of hydrogen-bond donors (Lipinski definition) is 1. The SMILES string of the molecule is CCCn1[nH]c(C(C)C)c(C(C)(C)C)c1=O. The molecule has 0 aliphatic heterocycles. The molecule has 0 aliphatic rings. The average Bonchev–Trinajstić information content (AvgIpc) is 2.43. The summed E-state index contributed by atoms with van der Waals surface area (Å²) >= 11 is 0. The highest BCUT2D eigenvalue weighted by Gasteiger charge is 2.26. The third-order valence-corrected chi connectivity index (χ3v) is 2.76. The van der Waals surface area contributed by atoms with Gasteiger partial charge in [0.05, 0.1) is 0 Å². The van der Waals surface area contributed by atoms with Gasteiger partial charge in [-0.25, -0.2) is 0 Å². The van der Waals surface area contributed by atoms with Crippen molar-refractivity contribution in [2.45, 2.75) is 65.8 Å². The zero-order chi connectivity index (χ0) is 12.5. The zero-order valence-corrected chi connectivity index (χ0v) is 11.3.